The third kappa shape index (κ3) is 13.9. The van der Waals surface area contributed by atoms with E-state index in [1.165, 1.54) is 0 Å². The fourth-order valence-corrected chi connectivity index (χ4v) is 10.8. The number of methoxy groups -OCH3 is 2. The van der Waals surface area contributed by atoms with Crippen LogP contribution in [0.1, 0.15) is 68.8 Å². The maximum absolute atomic E-state index is 14.1. The van der Waals surface area contributed by atoms with Crippen molar-refractivity contribution in [3.8, 4) is 11.5 Å². The van der Waals surface area contributed by atoms with Crippen molar-refractivity contribution in [3.63, 3.8) is 0 Å². The Hall–Kier alpha value is -5.16. The van der Waals surface area contributed by atoms with Gasteiger partial charge in [0.2, 0.25) is 0 Å². The number of benzene rings is 8. The fraction of sp³-hybridized carbons (Fsp3) is 0.194. The van der Waals surface area contributed by atoms with Gasteiger partial charge in [0.05, 0.1) is 26.3 Å². The Balaban J connectivity index is 0.000000186. The predicted molar refractivity (Wildman–Crippen MR) is 319 cm³/mol. The molecule has 2 saturated heterocycles. The van der Waals surface area contributed by atoms with Gasteiger partial charge in [0.25, 0.3) is 11.8 Å². The van der Waals surface area contributed by atoms with Crippen LogP contribution in [0.2, 0.25) is 20.1 Å². The van der Waals surface area contributed by atoms with E-state index in [1.54, 1.807) is 14.2 Å². The first-order chi connectivity index (χ1) is 36.8. The molecule has 0 aromatic heterocycles. The minimum absolute atomic E-state index is 0.0514. The number of amides is 2. The molecule has 2 aliphatic rings. The van der Waals surface area contributed by atoms with Crippen LogP contribution in [0.4, 0.5) is 0 Å². The minimum Gasteiger partial charge on any atom is -0.497 e. The number of nitrogens with zero attached hydrogens (tertiary/aromatic N) is 2. The molecular weight excluding hydrogens is 1260 g/mol. The zero-order chi connectivity index (χ0) is 53.3. The first-order valence-corrected chi connectivity index (χ1v) is 28.2. The summed E-state index contributed by atoms with van der Waals surface area (Å²) in [5.41, 5.74) is 7.91. The lowest BCUT2D eigenvalue weighted by Crippen LogP contribution is -2.51. The van der Waals surface area contributed by atoms with Crippen LogP contribution < -0.4 is 9.47 Å². The van der Waals surface area contributed by atoms with Gasteiger partial charge >= 0.3 is 0 Å². The normalized spacial score (nSPS) is 19.4. The molecule has 0 saturated carbocycles. The molecule has 0 spiro atoms. The van der Waals surface area contributed by atoms with E-state index in [-0.39, 0.29) is 23.9 Å². The van der Waals surface area contributed by atoms with Crippen molar-refractivity contribution in [1.82, 2.24) is 9.80 Å². The fourth-order valence-electron chi connectivity index (χ4n) is 9.59. The van der Waals surface area contributed by atoms with Crippen LogP contribution in [0.15, 0.2) is 194 Å². The topological polar surface area (TPSA) is 77.5 Å². The third-order valence-electron chi connectivity index (χ3n) is 13.5. The van der Waals surface area contributed by atoms with Crippen LogP contribution in [-0.2, 0) is 45.0 Å². The van der Waals surface area contributed by atoms with Crippen molar-refractivity contribution in [2.45, 2.75) is 62.4 Å². The molecule has 2 amide bonds. The van der Waals surface area contributed by atoms with E-state index in [0.717, 1.165) is 63.1 Å². The van der Waals surface area contributed by atoms with Crippen LogP contribution in [0.3, 0.4) is 0 Å². The lowest BCUT2D eigenvalue weighted by molar-refractivity contribution is -0.175. The predicted octanol–water partition coefficient (Wildman–Crippen LogP) is 16.1. The number of rotatable bonds is 14. The second-order valence-corrected chi connectivity index (χ2v) is 22.7. The molecule has 0 aliphatic carbocycles. The lowest BCUT2D eigenvalue weighted by Gasteiger charge is -2.45. The molecule has 0 radical (unpaired) electrons. The SMILES string of the molecule is COc1ccc(CN2C(=O)[C@@H](Cc3ccc(I)cc3)O[C@H](c3ccc(Cl)cc3)[C@@H]2c2ccc(Cl)cc2)cc1.COc1ccc(CN2C(=O)[C@H](Cc3ccc(I)cc3)O[C@@H](c3ccc(Cl)cc3)[C@H]2c2ccc(Cl)cc2)cc1. The second kappa shape index (κ2) is 26.0. The van der Waals surface area contributed by atoms with E-state index in [2.05, 4.69) is 69.4 Å². The van der Waals surface area contributed by atoms with Gasteiger partial charge in [-0.3, -0.25) is 9.59 Å². The molecule has 388 valence electrons. The van der Waals surface area contributed by atoms with Crippen molar-refractivity contribution in [1.29, 1.82) is 0 Å². The van der Waals surface area contributed by atoms with Gasteiger partial charge in [-0.25, -0.2) is 0 Å². The summed E-state index contributed by atoms with van der Waals surface area (Å²) in [6.07, 6.45) is -1.13. The maximum atomic E-state index is 14.1. The van der Waals surface area contributed by atoms with E-state index in [4.69, 9.17) is 65.4 Å². The number of halogens is 6. The smallest absolute Gasteiger partial charge is 0.253 e. The quantitative estimate of drug-likeness (QED) is 0.101. The maximum Gasteiger partial charge on any atom is 0.253 e. The minimum atomic E-state index is -0.641. The molecule has 2 aliphatic heterocycles. The Bertz CT molecular complexity index is 2970. The van der Waals surface area contributed by atoms with E-state index in [0.29, 0.717) is 46.0 Å². The molecule has 2 heterocycles. The van der Waals surface area contributed by atoms with Gasteiger partial charge in [-0.05, 0) is 187 Å². The van der Waals surface area contributed by atoms with Crippen LogP contribution in [-0.4, -0.2) is 48.0 Å². The highest BCUT2D eigenvalue weighted by Crippen LogP contribution is 2.46. The van der Waals surface area contributed by atoms with Gasteiger partial charge in [0, 0.05) is 53.2 Å². The Morgan fingerprint density at radius 3 is 0.961 bits per heavy atom. The van der Waals surface area contributed by atoms with Crippen LogP contribution in [0.25, 0.3) is 0 Å². The second-order valence-electron chi connectivity index (χ2n) is 18.5. The highest BCUT2D eigenvalue weighted by molar-refractivity contribution is 14.1. The van der Waals surface area contributed by atoms with E-state index in [9.17, 15) is 9.59 Å². The first kappa shape index (κ1) is 55.6. The number of ether oxygens (including phenoxy) is 4. The molecule has 6 atom stereocenters. The standard InChI is InChI=1S/2C31H26Cl2INO3/c2*1-37-27-16-4-21(5-17-27)19-35-29(22-6-10-24(32)11-7-22)30(23-8-12-25(33)13-9-23)38-28(31(35)36)18-20-2-14-26(34)15-3-20/h2*2-17,28-30H,18-19H2,1H3/t2*28-,29+,30-/m10/s1. The molecule has 8 aromatic rings. The van der Waals surface area contributed by atoms with Crippen LogP contribution >= 0.6 is 91.6 Å². The summed E-state index contributed by atoms with van der Waals surface area (Å²) in [6.45, 7) is 0.847. The molecule has 0 N–H and O–H groups in total. The molecule has 8 nitrogen and oxygen atoms in total. The van der Waals surface area contributed by atoms with Crippen LogP contribution in [0.5, 0.6) is 11.5 Å². The zero-order valence-corrected chi connectivity index (χ0v) is 48.7. The van der Waals surface area contributed by atoms with Gasteiger partial charge in [-0.15, -0.1) is 0 Å². The highest BCUT2D eigenvalue weighted by Gasteiger charge is 2.45. The molecule has 14 heteroatoms. The lowest BCUT2D eigenvalue weighted by atomic mass is 9.90. The molecule has 0 unspecified atom stereocenters. The van der Waals surface area contributed by atoms with E-state index >= 15 is 0 Å². The van der Waals surface area contributed by atoms with Gasteiger partial charge < -0.3 is 28.7 Å². The Kier molecular flexibility index (Phi) is 19.0. The molecule has 0 bridgehead atoms. The third-order valence-corrected chi connectivity index (χ3v) is 15.9. The van der Waals surface area contributed by atoms with Gasteiger partial charge in [0.1, 0.15) is 35.9 Å². The number of carbonyl (C=O) groups excluding carboxylic acids is 2. The number of hydrogen-bond donors (Lipinski definition) is 0. The monoisotopic (exact) mass is 1310 g/mol. The van der Waals surface area contributed by atoms with E-state index in [1.807, 2.05) is 180 Å². The summed E-state index contributed by atoms with van der Waals surface area (Å²) in [4.78, 5) is 32.1. The Labute approximate surface area is 491 Å². The molecule has 2 fully saturated rings. The van der Waals surface area contributed by atoms with E-state index < -0.39 is 24.4 Å². The summed E-state index contributed by atoms with van der Waals surface area (Å²) in [7, 11) is 3.28. The average Bonchev–Trinajstić information content (AvgIpc) is 3.44. The summed E-state index contributed by atoms with van der Waals surface area (Å²) in [6, 6.07) is 61.9. The van der Waals surface area contributed by atoms with Crippen molar-refractivity contribution < 1.29 is 28.5 Å². The average molecular weight is 1320 g/mol. The molecule has 8 aromatic carbocycles. The van der Waals surface area contributed by atoms with Crippen molar-refractivity contribution >= 4 is 103 Å². The highest BCUT2D eigenvalue weighted by atomic mass is 127. The summed E-state index contributed by atoms with van der Waals surface area (Å²) in [5, 5.41) is 2.57. The van der Waals surface area contributed by atoms with Gasteiger partial charge in [-0.2, -0.15) is 0 Å². The number of hydrogen-bond acceptors (Lipinski definition) is 6. The van der Waals surface area contributed by atoms with Crippen LogP contribution in [0, 0.1) is 7.14 Å². The molecule has 76 heavy (non-hydrogen) atoms. The van der Waals surface area contributed by atoms with Crippen molar-refractivity contribution in [3.05, 3.63) is 266 Å². The number of carbonyl (C=O) groups is 2. The summed E-state index contributed by atoms with van der Waals surface area (Å²) < 4.78 is 26.3. The largest absolute Gasteiger partial charge is 0.497 e. The molecule has 10 rings (SSSR count). The Morgan fingerprint density at radius 1 is 0.395 bits per heavy atom. The molecular formula is C62H52Cl4I2N2O6. The summed E-state index contributed by atoms with van der Waals surface area (Å²) >= 11 is 29.5. The first-order valence-electron chi connectivity index (χ1n) is 24.5. The van der Waals surface area contributed by atoms with Gasteiger partial charge in [0.15, 0.2) is 0 Å². The van der Waals surface area contributed by atoms with Crippen molar-refractivity contribution in [2.75, 3.05) is 14.2 Å². The van der Waals surface area contributed by atoms with Gasteiger partial charge in [-0.1, -0.05) is 143 Å². The number of morpholine rings is 2. The zero-order valence-electron chi connectivity index (χ0n) is 41.4. The van der Waals surface area contributed by atoms with Crippen molar-refractivity contribution in [2.24, 2.45) is 0 Å². The summed E-state index contributed by atoms with van der Waals surface area (Å²) in [5.74, 6) is 1.44. The Morgan fingerprint density at radius 2 is 0.671 bits per heavy atom.